The quantitative estimate of drug-likeness (QED) is 0.358. The second-order valence-corrected chi connectivity index (χ2v) is 7.07. The van der Waals surface area contributed by atoms with Crippen LogP contribution < -0.4 is 15.4 Å². The number of benzene rings is 3. The highest BCUT2D eigenvalue weighted by Crippen LogP contribution is 2.35. The molecule has 150 valence electrons. The van der Waals surface area contributed by atoms with E-state index in [1.165, 1.54) is 11.1 Å². The number of aryl methyl sites for hydroxylation is 2. The van der Waals surface area contributed by atoms with Gasteiger partial charge in [-0.05, 0) is 55.3 Å². The Morgan fingerprint density at radius 2 is 1.67 bits per heavy atom. The molecule has 0 bridgehead atoms. The number of amides is 1. The lowest BCUT2D eigenvalue weighted by molar-refractivity contribution is 0.210. The number of ether oxygens (including phenoxy) is 1. The van der Waals surface area contributed by atoms with E-state index in [9.17, 15) is 4.79 Å². The van der Waals surface area contributed by atoms with Crippen molar-refractivity contribution in [3.05, 3.63) is 84.1 Å². The van der Waals surface area contributed by atoms with Gasteiger partial charge in [0.2, 0.25) is 0 Å². The maximum absolute atomic E-state index is 11.1. The minimum absolute atomic E-state index is 0.511. The minimum Gasteiger partial charge on any atom is -0.465 e. The van der Waals surface area contributed by atoms with Crippen molar-refractivity contribution in [2.45, 2.75) is 13.8 Å². The molecule has 1 heterocycles. The van der Waals surface area contributed by atoms with Crippen molar-refractivity contribution >= 4 is 34.1 Å². The highest BCUT2D eigenvalue weighted by Gasteiger charge is 2.10. The fourth-order valence-corrected chi connectivity index (χ4v) is 3.45. The summed E-state index contributed by atoms with van der Waals surface area (Å²) in [6.45, 7) is 4.11. The standard InChI is InChI=1S/C24H21N3O3/c1-15-11-16(2)13-17(12-15)26-23-14-18(9-10-25-23)30-22-8-7-21(27-24(28)29)19-5-3-4-6-20(19)22/h3-14,27H,1-2H3,(H,25,26)(H,28,29). The summed E-state index contributed by atoms with van der Waals surface area (Å²) in [6, 6.07) is 20.8. The van der Waals surface area contributed by atoms with Crippen LogP contribution in [0.2, 0.25) is 0 Å². The first-order valence-corrected chi connectivity index (χ1v) is 9.49. The fourth-order valence-electron chi connectivity index (χ4n) is 3.45. The Hall–Kier alpha value is -4.06. The number of carboxylic acid groups (broad SMARTS) is 1. The number of pyridine rings is 1. The van der Waals surface area contributed by atoms with Crippen molar-refractivity contribution in [1.82, 2.24) is 4.98 Å². The van der Waals surface area contributed by atoms with Crippen LogP contribution in [0.15, 0.2) is 72.9 Å². The fraction of sp³-hybridized carbons (Fsp3) is 0.0833. The molecular weight excluding hydrogens is 378 g/mol. The average Bonchev–Trinajstić information content (AvgIpc) is 2.69. The number of aromatic nitrogens is 1. The van der Waals surface area contributed by atoms with Crippen molar-refractivity contribution in [1.29, 1.82) is 0 Å². The molecule has 3 N–H and O–H groups in total. The molecule has 0 saturated heterocycles. The second kappa shape index (κ2) is 8.13. The van der Waals surface area contributed by atoms with Gasteiger partial charge >= 0.3 is 6.09 Å². The van der Waals surface area contributed by atoms with Crippen LogP contribution in [-0.2, 0) is 0 Å². The van der Waals surface area contributed by atoms with E-state index >= 15 is 0 Å². The number of nitrogens with zero attached hydrogens (tertiary/aromatic N) is 1. The predicted octanol–water partition coefficient (Wildman–Crippen LogP) is 6.48. The highest BCUT2D eigenvalue weighted by atomic mass is 16.5. The molecule has 4 aromatic rings. The van der Waals surface area contributed by atoms with Gasteiger partial charge in [-0.25, -0.2) is 9.78 Å². The first-order valence-electron chi connectivity index (χ1n) is 9.49. The highest BCUT2D eigenvalue weighted by molar-refractivity contribution is 6.02. The maximum Gasteiger partial charge on any atom is 0.409 e. The Balaban J connectivity index is 1.63. The number of rotatable bonds is 5. The number of hydrogen-bond acceptors (Lipinski definition) is 4. The molecule has 3 aromatic carbocycles. The molecule has 0 aliphatic heterocycles. The summed E-state index contributed by atoms with van der Waals surface area (Å²) in [7, 11) is 0. The van der Waals surface area contributed by atoms with Crippen LogP contribution >= 0.6 is 0 Å². The molecule has 0 unspecified atom stereocenters. The first kappa shape index (κ1) is 19.3. The van der Waals surface area contributed by atoms with Crippen LogP contribution in [0.5, 0.6) is 11.5 Å². The predicted molar refractivity (Wildman–Crippen MR) is 119 cm³/mol. The zero-order chi connectivity index (χ0) is 21.1. The van der Waals surface area contributed by atoms with Gasteiger partial charge in [0.25, 0.3) is 0 Å². The molecule has 1 aromatic heterocycles. The largest absolute Gasteiger partial charge is 0.465 e. The summed E-state index contributed by atoms with van der Waals surface area (Å²) in [5, 5.41) is 16.4. The van der Waals surface area contributed by atoms with Gasteiger partial charge < -0.3 is 15.2 Å². The SMILES string of the molecule is Cc1cc(C)cc(Nc2cc(Oc3ccc(NC(=O)O)c4ccccc34)ccn2)c1. The number of hydrogen-bond donors (Lipinski definition) is 3. The zero-order valence-electron chi connectivity index (χ0n) is 16.6. The van der Waals surface area contributed by atoms with Crippen molar-refractivity contribution in [2.24, 2.45) is 0 Å². The van der Waals surface area contributed by atoms with E-state index in [2.05, 4.69) is 47.7 Å². The summed E-state index contributed by atoms with van der Waals surface area (Å²) < 4.78 is 6.12. The molecule has 0 spiro atoms. The lowest BCUT2D eigenvalue weighted by atomic mass is 10.1. The van der Waals surface area contributed by atoms with E-state index < -0.39 is 6.09 Å². The van der Waals surface area contributed by atoms with Crippen LogP contribution in [-0.4, -0.2) is 16.2 Å². The summed E-state index contributed by atoms with van der Waals surface area (Å²) in [6.07, 6.45) is 0.577. The molecule has 0 saturated carbocycles. The maximum atomic E-state index is 11.1. The molecule has 30 heavy (non-hydrogen) atoms. The van der Waals surface area contributed by atoms with Crippen molar-refractivity contribution in [2.75, 3.05) is 10.6 Å². The van der Waals surface area contributed by atoms with Crippen molar-refractivity contribution < 1.29 is 14.6 Å². The third kappa shape index (κ3) is 4.33. The van der Waals surface area contributed by atoms with E-state index in [0.29, 0.717) is 23.0 Å². The van der Waals surface area contributed by atoms with E-state index in [4.69, 9.17) is 9.84 Å². The summed E-state index contributed by atoms with van der Waals surface area (Å²) in [5.74, 6) is 1.93. The van der Waals surface area contributed by atoms with Crippen molar-refractivity contribution in [3.8, 4) is 11.5 Å². The lowest BCUT2D eigenvalue weighted by Crippen LogP contribution is -2.07. The van der Waals surface area contributed by atoms with Gasteiger partial charge in [-0.1, -0.05) is 30.3 Å². The molecule has 0 aliphatic carbocycles. The molecule has 0 atom stereocenters. The Morgan fingerprint density at radius 1 is 0.933 bits per heavy atom. The van der Waals surface area contributed by atoms with Crippen LogP contribution in [0, 0.1) is 13.8 Å². The monoisotopic (exact) mass is 399 g/mol. The molecule has 6 heteroatoms. The Labute approximate surface area is 174 Å². The summed E-state index contributed by atoms with van der Waals surface area (Å²) in [5.41, 5.74) is 3.82. The zero-order valence-corrected chi connectivity index (χ0v) is 16.6. The molecule has 4 rings (SSSR count). The van der Waals surface area contributed by atoms with Crippen LogP contribution in [0.4, 0.5) is 22.0 Å². The number of nitrogens with one attached hydrogen (secondary N) is 2. The van der Waals surface area contributed by atoms with E-state index in [-0.39, 0.29) is 0 Å². The van der Waals surface area contributed by atoms with E-state index in [1.54, 1.807) is 24.4 Å². The Morgan fingerprint density at radius 3 is 2.40 bits per heavy atom. The average molecular weight is 399 g/mol. The number of fused-ring (bicyclic) bond motifs is 1. The second-order valence-electron chi connectivity index (χ2n) is 7.07. The molecule has 0 fully saturated rings. The van der Waals surface area contributed by atoms with E-state index in [1.807, 2.05) is 30.3 Å². The van der Waals surface area contributed by atoms with Crippen LogP contribution in [0.25, 0.3) is 10.8 Å². The Bertz CT molecular complexity index is 1220. The summed E-state index contributed by atoms with van der Waals surface area (Å²) >= 11 is 0. The number of carbonyl (C=O) groups is 1. The topological polar surface area (TPSA) is 83.5 Å². The minimum atomic E-state index is -1.11. The van der Waals surface area contributed by atoms with Gasteiger partial charge in [-0.2, -0.15) is 0 Å². The van der Waals surface area contributed by atoms with Crippen molar-refractivity contribution in [3.63, 3.8) is 0 Å². The smallest absolute Gasteiger partial charge is 0.409 e. The van der Waals surface area contributed by atoms with Gasteiger partial charge in [0, 0.05) is 28.7 Å². The van der Waals surface area contributed by atoms with Crippen LogP contribution in [0.1, 0.15) is 11.1 Å². The van der Waals surface area contributed by atoms with Gasteiger partial charge in [-0.15, -0.1) is 0 Å². The van der Waals surface area contributed by atoms with Gasteiger partial charge in [-0.3, -0.25) is 5.32 Å². The molecule has 6 nitrogen and oxygen atoms in total. The number of anilines is 3. The molecule has 1 amide bonds. The van der Waals surface area contributed by atoms with Gasteiger partial charge in [0.05, 0.1) is 5.69 Å². The van der Waals surface area contributed by atoms with Gasteiger partial charge in [0.1, 0.15) is 17.3 Å². The Kier molecular flexibility index (Phi) is 5.22. The molecule has 0 radical (unpaired) electrons. The lowest BCUT2D eigenvalue weighted by Gasteiger charge is -2.13. The third-order valence-corrected chi connectivity index (χ3v) is 4.58. The summed E-state index contributed by atoms with van der Waals surface area (Å²) in [4.78, 5) is 15.4. The normalized spacial score (nSPS) is 10.6. The molecular formula is C24H21N3O3. The van der Waals surface area contributed by atoms with E-state index in [0.717, 1.165) is 16.5 Å². The van der Waals surface area contributed by atoms with Gasteiger partial charge in [0.15, 0.2) is 0 Å². The molecule has 0 aliphatic rings. The van der Waals surface area contributed by atoms with Crippen LogP contribution in [0.3, 0.4) is 0 Å². The first-order chi connectivity index (χ1) is 14.5. The third-order valence-electron chi connectivity index (χ3n) is 4.58.